The zero-order valence-electron chi connectivity index (χ0n) is 11.9. The summed E-state index contributed by atoms with van der Waals surface area (Å²) in [6.45, 7) is 2.72. The van der Waals surface area contributed by atoms with Crippen LogP contribution in [0.25, 0.3) is 0 Å². The van der Waals surface area contributed by atoms with Crippen molar-refractivity contribution in [3.63, 3.8) is 0 Å². The lowest BCUT2D eigenvalue weighted by atomic mass is 10.1. The average Bonchev–Trinajstić information content (AvgIpc) is 2.40. The van der Waals surface area contributed by atoms with Crippen molar-refractivity contribution >= 4 is 34.6 Å². The number of hydrogen-bond acceptors (Lipinski definition) is 2. The molecule has 0 aliphatic heterocycles. The molecule has 0 aliphatic carbocycles. The van der Waals surface area contributed by atoms with Crippen molar-refractivity contribution in [2.75, 3.05) is 24.3 Å². The van der Waals surface area contributed by atoms with Gasteiger partial charge in [0.25, 0.3) is 0 Å². The number of rotatable bonds is 4. The van der Waals surface area contributed by atoms with Crippen molar-refractivity contribution in [2.24, 2.45) is 0 Å². The summed E-state index contributed by atoms with van der Waals surface area (Å²) in [4.78, 5) is 1.99. The van der Waals surface area contributed by atoms with Crippen LogP contribution >= 0.6 is 23.2 Å². The van der Waals surface area contributed by atoms with E-state index in [1.165, 1.54) is 0 Å². The van der Waals surface area contributed by atoms with Gasteiger partial charge in [-0.2, -0.15) is 0 Å². The van der Waals surface area contributed by atoms with Crippen LogP contribution in [0.2, 0.25) is 10.0 Å². The Labute approximate surface area is 130 Å². The van der Waals surface area contributed by atoms with Gasteiger partial charge in [0.15, 0.2) is 0 Å². The van der Waals surface area contributed by atoms with Crippen molar-refractivity contribution in [1.29, 1.82) is 0 Å². The number of aryl methyl sites for hydroxylation is 1. The van der Waals surface area contributed by atoms with Gasteiger partial charge in [-0.1, -0.05) is 35.3 Å². The number of hydrogen-bond donors (Lipinski definition) is 1. The molecule has 2 aromatic carbocycles. The zero-order chi connectivity index (χ0) is 14.7. The van der Waals surface area contributed by atoms with Crippen LogP contribution in [0.3, 0.4) is 0 Å². The van der Waals surface area contributed by atoms with Gasteiger partial charge in [-0.05, 0) is 42.3 Å². The molecule has 106 valence electrons. The van der Waals surface area contributed by atoms with Crippen LogP contribution < -0.4 is 10.2 Å². The van der Waals surface area contributed by atoms with E-state index in [2.05, 4.69) is 11.4 Å². The maximum Gasteiger partial charge on any atom is 0.0659 e. The lowest BCUT2D eigenvalue weighted by Crippen LogP contribution is -2.09. The number of anilines is 2. The smallest absolute Gasteiger partial charge is 0.0659 e. The van der Waals surface area contributed by atoms with E-state index in [9.17, 15) is 0 Å². The summed E-state index contributed by atoms with van der Waals surface area (Å²) in [5.74, 6) is 0. The molecular weight excluding hydrogens is 291 g/mol. The van der Waals surface area contributed by atoms with Crippen molar-refractivity contribution < 1.29 is 0 Å². The van der Waals surface area contributed by atoms with Crippen molar-refractivity contribution in [1.82, 2.24) is 0 Å². The topological polar surface area (TPSA) is 15.3 Å². The number of benzene rings is 2. The molecule has 0 aliphatic rings. The highest BCUT2D eigenvalue weighted by molar-refractivity contribution is 6.33. The Morgan fingerprint density at radius 3 is 2.35 bits per heavy atom. The third kappa shape index (κ3) is 3.59. The summed E-state index contributed by atoms with van der Waals surface area (Å²) in [7, 11) is 3.95. The fourth-order valence-electron chi connectivity index (χ4n) is 1.93. The second kappa shape index (κ2) is 6.38. The summed E-state index contributed by atoms with van der Waals surface area (Å²) < 4.78 is 0. The molecule has 2 rings (SSSR count). The summed E-state index contributed by atoms with van der Waals surface area (Å²) in [5, 5.41) is 4.89. The van der Waals surface area contributed by atoms with Crippen LogP contribution in [0.5, 0.6) is 0 Å². The zero-order valence-corrected chi connectivity index (χ0v) is 13.4. The van der Waals surface area contributed by atoms with Gasteiger partial charge in [-0.25, -0.2) is 0 Å². The SMILES string of the molecule is Cc1ccc(CNc2ccc(N(C)C)c(Cl)c2)cc1Cl. The molecule has 0 aromatic heterocycles. The molecule has 0 saturated heterocycles. The Morgan fingerprint density at radius 2 is 1.75 bits per heavy atom. The summed E-state index contributed by atoms with van der Waals surface area (Å²) in [5.41, 5.74) is 4.25. The molecule has 4 heteroatoms. The minimum Gasteiger partial charge on any atom is -0.381 e. The third-order valence-electron chi connectivity index (χ3n) is 3.16. The molecule has 2 aromatic rings. The third-order valence-corrected chi connectivity index (χ3v) is 3.87. The van der Waals surface area contributed by atoms with Gasteiger partial charge in [-0.15, -0.1) is 0 Å². The first kappa shape index (κ1) is 15.0. The molecule has 0 fully saturated rings. The highest BCUT2D eigenvalue weighted by Gasteiger charge is 2.04. The molecule has 1 N–H and O–H groups in total. The Balaban J connectivity index is 2.07. The van der Waals surface area contributed by atoms with E-state index in [1.807, 2.05) is 56.3 Å². The maximum atomic E-state index is 6.25. The molecule has 0 atom stereocenters. The van der Waals surface area contributed by atoms with Gasteiger partial charge in [0.2, 0.25) is 0 Å². The fraction of sp³-hybridized carbons (Fsp3) is 0.250. The number of nitrogens with zero attached hydrogens (tertiary/aromatic N) is 1. The summed E-state index contributed by atoms with van der Waals surface area (Å²) in [6.07, 6.45) is 0. The molecule has 0 spiro atoms. The quantitative estimate of drug-likeness (QED) is 0.857. The van der Waals surface area contributed by atoms with E-state index in [4.69, 9.17) is 23.2 Å². The molecule has 0 amide bonds. The van der Waals surface area contributed by atoms with Gasteiger partial charge in [0.1, 0.15) is 0 Å². The molecule has 0 radical (unpaired) electrons. The van der Waals surface area contributed by atoms with E-state index < -0.39 is 0 Å². The fourth-order valence-corrected chi connectivity index (χ4v) is 2.48. The van der Waals surface area contributed by atoms with Gasteiger partial charge in [0, 0.05) is 31.4 Å². The minimum absolute atomic E-state index is 0.720. The Morgan fingerprint density at radius 1 is 1.00 bits per heavy atom. The molecule has 0 unspecified atom stereocenters. The predicted molar refractivity (Wildman–Crippen MR) is 89.3 cm³/mol. The minimum atomic E-state index is 0.720. The van der Waals surface area contributed by atoms with Crippen LogP contribution in [0.4, 0.5) is 11.4 Å². The second-order valence-electron chi connectivity index (χ2n) is 5.00. The van der Waals surface area contributed by atoms with Gasteiger partial charge < -0.3 is 10.2 Å². The van der Waals surface area contributed by atoms with E-state index in [0.717, 1.165) is 39.1 Å². The predicted octanol–water partition coefficient (Wildman–Crippen LogP) is 4.98. The van der Waals surface area contributed by atoms with Crippen molar-refractivity contribution in [2.45, 2.75) is 13.5 Å². The van der Waals surface area contributed by atoms with E-state index in [1.54, 1.807) is 0 Å². The molecule has 0 saturated carbocycles. The molecule has 0 heterocycles. The molecule has 2 nitrogen and oxygen atoms in total. The highest BCUT2D eigenvalue weighted by Crippen LogP contribution is 2.27. The van der Waals surface area contributed by atoms with Crippen LogP contribution in [0, 0.1) is 6.92 Å². The highest BCUT2D eigenvalue weighted by atomic mass is 35.5. The average molecular weight is 309 g/mol. The van der Waals surface area contributed by atoms with Gasteiger partial charge in [0.05, 0.1) is 10.7 Å². The monoisotopic (exact) mass is 308 g/mol. The van der Waals surface area contributed by atoms with Gasteiger partial charge >= 0.3 is 0 Å². The Hall–Kier alpha value is -1.38. The summed E-state index contributed by atoms with van der Waals surface area (Å²) in [6, 6.07) is 12.1. The Bertz CT molecular complexity index is 609. The van der Waals surface area contributed by atoms with Crippen LogP contribution in [0.1, 0.15) is 11.1 Å². The standard InChI is InChI=1S/C16H18Cl2N2/c1-11-4-5-12(8-14(11)17)10-19-13-6-7-16(20(2)3)15(18)9-13/h4-9,19H,10H2,1-3H3. The first-order chi connectivity index (χ1) is 9.47. The molecular formula is C16H18Cl2N2. The maximum absolute atomic E-state index is 6.25. The van der Waals surface area contributed by atoms with Crippen LogP contribution in [-0.4, -0.2) is 14.1 Å². The normalized spacial score (nSPS) is 10.4. The number of halogens is 2. The van der Waals surface area contributed by atoms with E-state index in [0.29, 0.717) is 0 Å². The largest absolute Gasteiger partial charge is 0.381 e. The second-order valence-corrected chi connectivity index (χ2v) is 5.81. The molecule has 20 heavy (non-hydrogen) atoms. The van der Waals surface area contributed by atoms with Crippen LogP contribution in [0.15, 0.2) is 36.4 Å². The Kier molecular flexibility index (Phi) is 4.79. The number of nitrogens with one attached hydrogen (secondary N) is 1. The van der Waals surface area contributed by atoms with Crippen molar-refractivity contribution in [3.8, 4) is 0 Å². The first-order valence-corrected chi connectivity index (χ1v) is 7.19. The van der Waals surface area contributed by atoms with E-state index in [-0.39, 0.29) is 0 Å². The lowest BCUT2D eigenvalue weighted by molar-refractivity contribution is 1.12. The van der Waals surface area contributed by atoms with Crippen molar-refractivity contribution in [3.05, 3.63) is 57.6 Å². The molecule has 0 bridgehead atoms. The van der Waals surface area contributed by atoms with E-state index >= 15 is 0 Å². The first-order valence-electron chi connectivity index (χ1n) is 6.43. The lowest BCUT2D eigenvalue weighted by Gasteiger charge is -2.16. The van der Waals surface area contributed by atoms with Gasteiger partial charge in [-0.3, -0.25) is 0 Å². The van der Waals surface area contributed by atoms with Crippen LogP contribution in [-0.2, 0) is 6.54 Å². The summed E-state index contributed by atoms with van der Waals surface area (Å²) >= 11 is 12.4.